The molecule has 140 valence electrons. The number of aliphatic hydroxyl groups is 1. The van der Waals surface area contributed by atoms with Crippen LogP contribution < -0.4 is 5.32 Å². The van der Waals surface area contributed by atoms with E-state index in [-0.39, 0.29) is 12.5 Å². The van der Waals surface area contributed by atoms with Crippen LogP contribution in [0.4, 0.5) is 0 Å². The topological polar surface area (TPSA) is 91.5 Å². The number of aryl methyl sites for hydroxylation is 2. The van der Waals surface area contributed by atoms with Gasteiger partial charge in [-0.2, -0.15) is 0 Å². The average molecular weight is 358 g/mol. The lowest BCUT2D eigenvalue weighted by molar-refractivity contribution is -0.156. The second-order valence-electron chi connectivity index (χ2n) is 6.83. The Balaban J connectivity index is 1.47. The lowest BCUT2D eigenvalue weighted by Crippen LogP contribution is -2.58. The highest BCUT2D eigenvalue weighted by Crippen LogP contribution is 2.22. The Labute approximate surface area is 153 Å². The van der Waals surface area contributed by atoms with Crippen molar-refractivity contribution in [1.82, 2.24) is 20.4 Å². The van der Waals surface area contributed by atoms with Gasteiger partial charge in [-0.25, -0.2) is 0 Å². The third kappa shape index (κ3) is 4.68. The predicted molar refractivity (Wildman–Crippen MR) is 96.3 cm³/mol. The quantitative estimate of drug-likeness (QED) is 0.742. The molecule has 7 heteroatoms. The van der Waals surface area contributed by atoms with Crippen molar-refractivity contribution in [3.63, 3.8) is 0 Å². The first-order chi connectivity index (χ1) is 12.6. The summed E-state index contributed by atoms with van der Waals surface area (Å²) in [6, 6.07) is 10.2. The summed E-state index contributed by atoms with van der Waals surface area (Å²) in [5.41, 5.74) is -0.0937. The van der Waals surface area contributed by atoms with Gasteiger partial charge in [0.25, 0.3) is 5.91 Å². The van der Waals surface area contributed by atoms with Gasteiger partial charge in [0.15, 0.2) is 5.60 Å². The number of rotatable bonds is 8. The van der Waals surface area contributed by atoms with E-state index >= 15 is 0 Å². The van der Waals surface area contributed by atoms with E-state index in [1.807, 2.05) is 18.2 Å². The number of carbonyl (C=O) groups excluding carboxylic acids is 1. The van der Waals surface area contributed by atoms with Crippen LogP contribution in [0.25, 0.3) is 0 Å². The highest BCUT2D eigenvalue weighted by molar-refractivity contribution is 5.86. The zero-order valence-electron chi connectivity index (χ0n) is 15.1. The maximum atomic E-state index is 12.7. The molecule has 3 rings (SSSR count). The van der Waals surface area contributed by atoms with Crippen molar-refractivity contribution in [2.75, 3.05) is 19.6 Å². The van der Waals surface area contributed by atoms with Gasteiger partial charge >= 0.3 is 0 Å². The Morgan fingerprint density at radius 2 is 2.12 bits per heavy atom. The summed E-state index contributed by atoms with van der Waals surface area (Å²) >= 11 is 0. The molecule has 1 aliphatic rings. The normalized spacial score (nSPS) is 20.5. The van der Waals surface area contributed by atoms with E-state index < -0.39 is 5.60 Å². The number of aromatic nitrogens is 2. The minimum atomic E-state index is -1.36. The van der Waals surface area contributed by atoms with Crippen LogP contribution in [0.2, 0.25) is 0 Å². The van der Waals surface area contributed by atoms with Crippen LogP contribution >= 0.6 is 0 Å². The fourth-order valence-electron chi connectivity index (χ4n) is 3.35. The minimum absolute atomic E-state index is 0.183. The number of nitrogens with one attached hydrogen (secondary N) is 1. The van der Waals surface area contributed by atoms with E-state index in [0.717, 1.165) is 19.3 Å². The van der Waals surface area contributed by atoms with E-state index in [1.165, 1.54) is 5.56 Å². The molecule has 1 saturated heterocycles. The van der Waals surface area contributed by atoms with Crippen molar-refractivity contribution in [2.45, 2.75) is 44.8 Å². The number of amides is 1. The second kappa shape index (κ2) is 8.42. The monoisotopic (exact) mass is 358 g/mol. The van der Waals surface area contributed by atoms with E-state index in [2.05, 4.69) is 27.6 Å². The van der Waals surface area contributed by atoms with Gasteiger partial charge in [0.1, 0.15) is 0 Å². The van der Waals surface area contributed by atoms with Crippen molar-refractivity contribution in [3.8, 4) is 0 Å². The third-order valence-corrected chi connectivity index (χ3v) is 4.70. The van der Waals surface area contributed by atoms with Gasteiger partial charge in [-0.3, -0.25) is 4.79 Å². The first-order valence-electron chi connectivity index (χ1n) is 9.12. The first kappa shape index (κ1) is 18.5. The highest BCUT2D eigenvalue weighted by atomic mass is 16.4. The van der Waals surface area contributed by atoms with E-state index in [9.17, 15) is 9.90 Å². The van der Waals surface area contributed by atoms with Gasteiger partial charge in [0.2, 0.25) is 11.8 Å². The molecule has 26 heavy (non-hydrogen) atoms. The van der Waals surface area contributed by atoms with Crippen molar-refractivity contribution >= 4 is 5.91 Å². The molecular formula is C19H26N4O3. The Hall–Kier alpha value is -2.25. The van der Waals surface area contributed by atoms with Crippen LogP contribution in [-0.4, -0.2) is 51.3 Å². The number of hydrogen-bond acceptors (Lipinski definition) is 6. The molecule has 2 N–H and O–H groups in total. The molecule has 1 aromatic carbocycles. The van der Waals surface area contributed by atoms with Gasteiger partial charge < -0.3 is 19.7 Å². The van der Waals surface area contributed by atoms with Crippen LogP contribution in [0.5, 0.6) is 0 Å². The summed E-state index contributed by atoms with van der Waals surface area (Å²) < 4.78 is 5.29. The third-order valence-electron chi connectivity index (χ3n) is 4.70. The zero-order chi connectivity index (χ0) is 18.4. The molecule has 1 aliphatic heterocycles. The molecular weight excluding hydrogens is 332 g/mol. The molecule has 0 aliphatic carbocycles. The number of nitrogens with zero attached hydrogens (tertiary/aromatic N) is 3. The Bertz CT molecular complexity index is 719. The Morgan fingerprint density at radius 3 is 2.85 bits per heavy atom. The molecule has 0 radical (unpaired) electrons. The molecule has 0 spiro atoms. The maximum Gasteiger partial charge on any atom is 0.255 e. The van der Waals surface area contributed by atoms with Crippen molar-refractivity contribution in [1.29, 1.82) is 0 Å². The molecule has 0 bridgehead atoms. The number of hydrogen-bond donors (Lipinski definition) is 2. The summed E-state index contributed by atoms with van der Waals surface area (Å²) in [5.74, 6) is 0.763. The number of likely N-dealkylation sites (tertiary alicyclic amines) is 1. The van der Waals surface area contributed by atoms with Gasteiger partial charge in [-0.1, -0.05) is 30.3 Å². The number of benzene rings is 1. The summed E-state index contributed by atoms with van der Waals surface area (Å²) in [5, 5.41) is 21.5. The summed E-state index contributed by atoms with van der Waals surface area (Å²) in [7, 11) is 0. The van der Waals surface area contributed by atoms with Gasteiger partial charge in [-0.05, 0) is 31.2 Å². The van der Waals surface area contributed by atoms with Gasteiger partial charge in [0.05, 0.1) is 6.54 Å². The SMILES string of the molecule is Cc1nnc(CNC[C@@]2(O)CCCN(CCCc3ccccc3)C2=O)o1. The molecule has 7 nitrogen and oxygen atoms in total. The van der Waals surface area contributed by atoms with Crippen molar-refractivity contribution in [3.05, 3.63) is 47.7 Å². The molecule has 2 heterocycles. The average Bonchev–Trinajstić information content (AvgIpc) is 3.05. The second-order valence-corrected chi connectivity index (χ2v) is 6.83. The fraction of sp³-hybridized carbons (Fsp3) is 0.526. The molecule has 0 saturated carbocycles. The zero-order valence-corrected chi connectivity index (χ0v) is 15.1. The number of piperidine rings is 1. The maximum absolute atomic E-state index is 12.7. The molecule has 1 fully saturated rings. The smallest absolute Gasteiger partial charge is 0.255 e. The Kier molecular flexibility index (Phi) is 6.00. The van der Waals surface area contributed by atoms with Crippen LogP contribution in [0.15, 0.2) is 34.7 Å². The molecule has 1 aromatic heterocycles. The van der Waals surface area contributed by atoms with E-state index in [1.54, 1.807) is 11.8 Å². The fourth-order valence-corrected chi connectivity index (χ4v) is 3.35. The van der Waals surface area contributed by atoms with Crippen LogP contribution in [0.3, 0.4) is 0 Å². The predicted octanol–water partition coefficient (Wildman–Crippen LogP) is 1.45. The van der Waals surface area contributed by atoms with Crippen LogP contribution in [0.1, 0.15) is 36.6 Å². The van der Waals surface area contributed by atoms with Crippen LogP contribution in [0, 0.1) is 6.92 Å². The molecule has 0 unspecified atom stereocenters. The largest absolute Gasteiger partial charge is 0.424 e. The van der Waals surface area contributed by atoms with Crippen LogP contribution in [-0.2, 0) is 17.8 Å². The lowest BCUT2D eigenvalue weighted by atomic mass is 9.91. The van der Waals surface area contributed by atoms with E-state index in [0.29, 0.717) is 37.8 Å². The van der Waals surface area contributed by atoms with Crippen molar-refractivity contribution in [2.24, 2.45) is 0 Å². The van der Waals surface area contributed by atoms with E-state index in [4.69, 9.17) is 4.42 Å². The summed E-state index contributed by atoms with van der Waals surface area (Å²) in [4.78, 5) is 14.5. The minimum Gasteiger partial charge on any atom is -0.424 e. The summed E-state index contributed by atoms with van der Waals surface area (Å²) in [6.07, 6.45) is 3.09. The first-order valence-corrected chi connectivity index (χ1v) is 9.12. The molecule has 1 atom stereocenters. The van der Waals surface area contributed by atoms with Crippen molar-refractivity contribution < 1.29 is 14.3 Å². The standard InChI is InChI=1S/C19H26N4O3/c1-15-21-22-17(26-15)13-20-14-19(25)10-6-12-23(18(19)24)11-5-9-16-7-3-2-4-8-16/h2-4,7-8,20,25H,5-6,9-14H2,1H3/t19-/m0/s1. The Morgan fingerprint density at radius 1 is 1.31 bits per heavy atom. The molecule has 2 aromatic rings. The summed E-state index contributed by atoms with van der Waals surface area (Å²) in [6.45, 7) is 3.62. The number of carbonyl (C=O) groups is 1. The van der Waals surface area contributed by atoms with Gasteiger partial charge in [0, 0.05) is 26.6 Å². The highest BCUT2D eigenvalue weighted by Gasteiger charge is 2.41. The molecule has 1 amide bonds. The lowest BCUT2D eigenvalue weighted by Gasteiger charge is -2.38. The van der Waals surface area contributed by atoms with Gasteiger partial charge in [-0.15, -0.1) is 10.2 Å².